The number of hydrogen-bond acceptors (Lipinski definition) is 1. The third-order valence-corrected chi connectivity index (χ3v) is 3.73. The minimum absolute atomic E-state index is 0.0866. The summed E-state index contributed by atoms with van der Waals surface area (Å²) in [7, 11) is 0. The highest BCUT2D eigenvalue weighted by Gasteiger charge is 2.16. The van der Waals surface area contributed by atoms with Crippen molar-refractivity contribution < 1.29 is 9.18 Å². The van der Waals surface area contributed by atoms with E-state index >= 15 is 0 Å². The maximum absolute atomic E-state index is 13.6. The zero-order chi connectivity index (χ0) is 12.4. The molecule has 0 aliphatic rings. The highest BCUT2D eigenvalue weighted by molar-refractivity contribution is 14.1. The second-order valence-electron chi connectivity index (χ2n) is 3.43. The molecule has 2 aromatic rings. The van der Waals surface area contributed by atoms with Crippen molar-refractivity contribution in [3.05, 3.63) is 67.5 Å². The van der Waals surface area contributed by atoms with Gasteiger partial charge in [0.15, 0.2) is 5.78 Å². The first-order valence-corrected chi connectivity index (χ1v) is 6.71. The van der Waals surface area contributed by atoms with E-state index in [0.717, 1.165) is 3.57 Å². The quantitative estimate of drug-likeness (QED) is 0.534. The Hall–Kier alpha value is -0.750. The number of rotatable bonds is 2. The third kappa shape index (κ3) is 2.74. The van der Waals surface area contributed by atoms with E-state index in [-0.39, 0.29) is 11.3 Å². The second-order valence-corrected chi connectivity index (χ2v) is 5.51. The molecule has 0 fully saturated rings. The van der Waals surface area contributed by atoms with Crippen molar-refractivity contribution >= 4 is 44.3 Å². The molecule has 0 N–H and O–H groups in total. The van der Waals surface area contributed by atoms with Crippen LogP contribution >= 0.6 is 38.5 Å². The largest absolute Gasteiger partial charge is 0.288 e. The normalized spacial score (nSPS) is 10.3. The number of ketones is 1. The van der Waals surface area contributed by atoms with E-state index in [0.29, 0.717) is 10.0 Å². The molecule has 0 aromatic heterocycles. The van der Waals surface area contributed by atoms with Gasteiger partial charge in [-0.2, -0.15) is 0 Å². The number of hydrogen-bond donors (Lipinski definition) is 0. The van der Waals surface area contributed by atoms with Gasteiger partial charge in [-0.15, -0.1) is 0 Å². The fraction of sp³-hybridized carbons (Fsp3) is 0. The standard InChI is InChI=1S/C13H7BrFIO/c14-8-5-6-11(15)10(7-8)13(17)9-3-1-2-4-12(9)16/h1-7H. The Balaban J connectivity index is 2.51. The highest BCUT2D eigenvalue weighted by Crippen LogP contribution is 2.21. The lowest BCUT2D eigenvalue weighted by Gasteiger charge is -2.05. The van der Waals surface area contributed by atoms with Gasteiger partial charge in [-0.25, -0.2) is 4.39 Å². The Kier molecular flexibility index (Phi) is 3.93. The van der Waals surface area contributed by atoms with Gasteiger partial charge in [-0.05, 0) is 52.9 Å². The maximum Gasteiger partial charge on any atom is 0.197 e. The summed E-state index contributed by atoms with van der Waals surface area (Å²) in [5, 5.41) is 0. The summed E-state index contributed by atoms with van der Waals surface area (Å²) < 4.78 is 15.1. The van der Waals surface area contributed by atoms with Crippen LogP contribution in [0.15, 0.2) is 46.9 Å². The fourth-order valence-electron chi connectivity index (χ4n) is 1.46. The minimum atomic E-state index is -0.502. The molecule has 0 amide bonds. The zero-order valence-electron chi connectivity index (χ0n) is 8.58. The van der Waals surface area contributed by atoms with E-state index < -0.39 is 5.82 Å². The Morgan fingerprint density at radius 2 is 1.82 bits per heavy atom. The Labute approximate surface area is 120 Å². The molecular formula is C13H7BrFIO. The summed E-state index contributed by atoms with van der Waals surface area (Å²) >= 11 is 5.30. The molecule has 0 bridgehead atoms. The summed E-state index contributed by atoms with van der Waals surface area (Å²) in [4.78, 5) is 12.2. The van der Waals surface area contributed by atoms with Gasteiger partial charge in [0.05, 0.1) is 5.56 Å². The molecule has 0 saturated carbocycles. The van der Waals surface area contributed by atoms with Crippen LogP contribution in [0, 0.1) is 9.39 Å². The second kappa shape index (κ2) is 5.27. The van der Waals surface area contributed by atoms with Gasteiger partial charge >= 0.3 is 0 Å². The summed E-state index contributed by atoms with van der Waals surface area (Å²) in [6.45, 7) is 0. The molecule has 0 aliphatic heterocycles. The molecule has 86 valence electrons. The predicted octanol–water partition coefficient (Wildman–Crippen LogP) is 4.42. The van der Waals surface area contributed by atoms with Crippen LogP contribution in [0.3, 0.4) is 0 Å². The molecule has 1 nitrogen and oxygen atoms in total. The monoisotopic (exact) mass is 404 g/mol. The molecule has 0 radical (unpaired) electrons. The molecule has 2 aromatic carbocycles. The fourth-order valence-corrected chi connectivity index (χ4v) is 2.46. The van der Waals surface area contributed by atoms with Crippen LogP contribution in [0.25, 0.3) is 0 Å². The van der Waals surface area contributed by atoms with Crippen LogP contribution in [-0.4, -0.2) is 5.78 Å². The van der Waals surface area contributed by atoms with E-state index in [1.807, 2.05) is 12.1 Å². The summed E-state index contributed by atoms with van der Waals surface area (Å²) in [5.41, 5.74) is 0.605. The SMILES string of the molecule is O=C(c1cc(Br)ccc1F)c1ccccc1I. The minimum Gasteiger partial charge on any atom is -0.288 e. The number of halogens is 3. The van der Waals surface area contributed by atoms with Gasteiger partial charge in [0, 0.05) is 13.6 Å². The van der Waals surface area contributed by atoms with Crippen LogP contribution in [0.2, 0.25) is 0 Å². The first kappa shape index (κ1) is 12.7. The lowest BCUT2D eigenvalue weighted by molar-refractivity contribution is 0.103. The molecule has 4 heteroatoms. The van der Waals surface area contributed by atoms with Gasteiger partial charge in [0.25, 0.3) is 0 Å². The lowest BCUT2D eigenvalue weighted by Crippen LogP contribution is -2.06. The van der Waals surface area contributed by atoms with Crippen LogP contribution < -0.4 is 0 Å². The third-order valence-electron chi connectivity index (χ3n) is 2.29. The van der Waals surface area contributed by atoms with Crippen LogP contribution in [0.5, 0.6) is 0 Å². The molecule has 0 saturated heterocycles. The van der Waals surface area contributed by atoms with E-state index in [4.69, 9.17) is 0 Å². The average Bonchev–Trinajstić information content (AvgIpc) is 2.32. The lowest BCUT2D eigenvalue weighted by atomic mass is 10.0. The van der Waals surface area contributed by atoms with E-state index in [9.17, 15) is 9.18 Å². The topological polar surface area (TPSA) is 17.1 Å². The van der Waals surface area contributed by atoms with Crippen LogP contribution in [0.4, 0.5) is 4.39 Å². The summed E-state index contributed by atoms with van der Waals surface area (Å²) in [6, 6.07) is 11.5. The first-order chi connectivity index (χ1) is 8.09. The summed E-state index contributed by atoms with van der Waals surface area (Å²) in [5.74, 6) is -0.799. The molecule has 0 heterocycles. The van der Waals surface area contributed by atoms with Crippen molar-refractivity contribution in [2.24, 2.45) is 0 Å². The zero-order valence-corrected chi connectivity index (χ0v) is 12.3. The molecular weight excluding hydrogens is 398 g/mol. The predicted molar refractivity (Wildman–Crippen MR) is 76.7 cm³/mol. The average molecular weight is 405 g/mol. The highest BCUT2D eigenvalue weighted by atomic mass is 127. The Morgan fingerprint density at radius 3 is 2.53 bits per heavy atom. The molecule has 0 spiro atoms. The van der Waals surface area contributed by atoms with E-state index in [1.54, 1.807) is 18.2 Å². The maximum atomic E-state index is 13.6. The smallest absolute Gasteiger partial charge is 0.197 e. The van der Waals surface area contributed by atoms with Crippen molar-refractivity contribution in [2.45, 2.75) is 0 Å². The van der Waals surface area contributed by atoms with E-state index in [1.165, 1.54) is 12.1 Å². The van der Waals surface area contributed by atoms with Crippen LogP contribution in [-0.2, 0) is 0 Å². The number of carbonyl (C=O) groups excluding carboxylic acids is 1. The van der Waals surface area contributed by atoms with Crippen molar-refractivity contribution in [1.29, 1.82) is 0 Å². The molecule has 0 unspecified atom stereocenters. The summed E-state index contributed by atoms with van der Waals surface area (Å²) in [6.07, 6.45) is 0. The number of benzene rings is 2. The van der Waals surface area contributed by atoms with Gasteiger partial charge in [-0.3, -0.25) is 4.79 Å². The van der Waals surface area contributed by atoms with Gasteiger partial charge in [-0.1, -0.05) is 28.1 Å². The van der Waals surface area contributed by atoms with Crippen molar-refractivity contribution in [3.8, 4) is 0 Å². The van der Waals surface area contributed by atoms with E-state index in [2.05, 4.69) is 38.5 Å². The van der Waals surface area contributed by atoms with Gasteiger partial charge in [0.1, 0.15) is 5.82 Å². The first-order valence-electron chi connectivity index (χ1n) is 4.84. The molecule has 17 heavy (non-hydrogen) atoms. The number of carbonyl (C=O) groups is 1. The van der Waals surface area contributed by atoms with Crippen molar-refractivity contribution in [3.63, 3.8) is 0 Å². The molecule has 0 aliphatic carbocycles. The van der Waals surface area contributed by atoms with Crippen molar-refractivity contribution in [2.75, 3.05) is 0 Å². The Morgan fingerprint density at radius 1 is 1.12 bits per heavy atom. The molecule has 0 atom stereocenters. The van der Waals surface area contributed by atoms with Gasteiger partial charge in [0.2, 0.25) is 0 Å². The van der Waals surface area contributed by atoms with Crippen molar-refractivity contribution in [1.82, 2.24) is 0 Å². The molecule has 2 rings (SSSR count). The Bertz CT molecular complexity index is 583. The van der Waals surface area contributed by atoms with Crippen LogP contribution in [0.1, 0.15) is 15.9 Å². The van der Waals surface area contributed by atoms with Gasteiger partial charge < -0.3 is 0 Å².